The van der Waals surface area contributed by atoms with E-state index in [-0.39, 0.29) is 10.6 Å². The van der Waals surface area contributed by atoms with Crippen molar-refractivity contribution in [3.63, 3.8) is 0 Å². The van der Waals surface area contributed by atoms with Gasteiger partial charge in [0.1, 0.15) is 10.7 Å². The van der Waals surface area contributed by atoms with Gasteiger partial charge in [0.15, 0.2) is 0 Å². The molecule has 1 aliphatic heterocycles. The summed E-state index contributed by atoms with van der Waals surface area (Å²) in [5.74, 6) is -0.215. The van der Waals surface area contributed by atoms with E-state index in [1.165, 1.54) is 16.4 Å². The topological polar surface area (TPSA) is 66.6 Å². The molecule has 1 heterocycles. The number of halogens is 1. The lowest BCUT2D eigenvalue weighted by atomic mass is 10.2. The van der Waals surface area contributed by atoms with Crippen molar-refractivity contribution < 1.29 is 12.8 Å². The first-order valence-electron chi connectivity index (χ1n) is 7.08. The lowest BCUT2D eigenvalue weighted by Crippen LogP contribution is -2.49. The first-order valence-corrected chi connectivity index (χ1v) is 8.52. The molecule has 0 bridgehead atoms. The molecular formula is C14H22FN3O2S. The minimum absolute atomic E-state index is 0.244. The van der Waals surface area contributed by atoms with Gasteiger partial charge >= 0.3 is 0 Å². The second-order valence-electron chi connectivity index (χ2n) is 5.79. The molecule has 0 aromatic heterocycles. The highest BCUT2D eigenvalue weighted by molar-refractivity contribution is 7.89. The molecule has 0 radical (unpaired) electrons. The zero-order valence-electron chi connectivity index (χ0n) is 12.4. The number of rotatable bonds is 4. The fourth-order valence-electron chi connectivity index (χ4n) is 2.53. The second kappa shape index (κ2) is 6.29. The maximum Gasteiger partial charge on any atom is 0.246 e. The fourth-order valence-corrected chi connectivity index (χ4v) is 4.05. The van der Waals surface area contributed by atoms with E-state index < -0.39 is 15.8 Å². The molecule has 0 unspecified atom stereocenters. The Morgan fingerprint density at radius 1 is 1.24 bits per heavy atom. The third-order valence-electron chi connectivity index (χ3n) is 3.53. The molecule has 118 valence electrons. The van der Waals surface area contributed by atoms with Crippen molar-refractivity contribution >= 4 is 15.7 Å². The van der Waals surface area contributed by atoms with Gasteiger partial charge in [-0.05, 0) is 24.1 Å². The van der Waals surface area contributed by atoms with Crippen LogP contribution in [0.15, 0.2) is 23.1 Å². The standard InChI is InChI=1S/C14H22FN3O2S/c1-11(2)10-17-5-7-18(8-6-17)21(19,20)14-9-12(16)3-4-13(14)15/h3-4,9,11H,5-8,10,16H2,1-2H3. The Morgan fingerprint density at radius 2 is 1.86 bits per heavy atom. The number of anilines is 1. The predicted octanol–water partition coefficient (Wildman–Crippen LogP) is 1.37. The minimum Gasteiger partial charge on any atom is -0.399 e. The summed E-state index contributed by atoms with van der Waals surface area (Å²) in [5, 5.41) is 0. The van der Waals surface area contributed by atoms with Crippen molar-refractivity contribution in [1.29, 1.82) is 0 Å². The number of nitrogens with zero attached hydrogens (tertiary/aromatic N) is 2. The highest BCUT2D eigenvalue weighted by Crippen LogP contribution is 2.23. The Kier molecular flexibility index (Phi) is 4.85. The molecule has 1 saturated heterocycles. The van der Waals surface area contributed by atoms with Crippen LogP contribution in [-0.2, 0) is 10.0 Å². The largest absolute Gasteiger partial charge is 0.399 e. The van der Waals surface area contributed by atoms with Gasteiger partial charge in [-0.1, -0.05) is 13.8 Å². The summed E-state index contributed by atoms with van der Waals surface area (Å²) in [5.41, 5.74) is 5.82. The summed E-state index contributed by atoms with van der Waals surface area (Å²) >= 11 is 0. The molecular weight excluding hydrogens is 293 g/mol. The Labute approximate surface area is 125 Å². The van der Waals surface area contributed by atoms with Crippen molar-refractivity contribution in [3.8, 4) is 0 Å². The number of nitrogens with two attached hydrogens (primary N) is 1. The number of piperazine rings is 1. The van der Waals surface area contributed by atoms with E-state index in [1.807, 2.05) is 0 Å². The molecule has 2 rings (SSSR count). The molecule has 1 aromatic rings. The number of hydrogen-bond acceptors (Lipinski definition) is 4. The van der Waals surface area contributed by atoms with Crippen LogP contribution in [0.25, 0.3) is 0 Å². The predicted molar refractivity (Wildman–Crippen MR) is 80.8 cm³/mol. The zero-order valence-corrected chi connectivity index (χ0v) is 13.2. The highest BCUT2D eigenvalue weighted by Gasteiger charge is 2.30. The molecule has 1 aromatic carbocycles. The number of benzene rings is 1. The Bertz CT molecular complexity index is 596. The fraction of sp³-hybridized carbons (Fsp3) is 0.571. The smallest absolute Gasteiger partial charge is 0.246 e. The monoisotopic (exact) mass is 315 g/mol. The maximum absolute atomic E-state index is 13.8. The summed E-state index contributed by atoms with van der Waals surface area (Å²) in [6.07, 6.45) is 0. The molecule has 7 heteroatoms. The van der Waals surface area contributed by atoms with Crippen LogP contribution in [0.2, 0.25) is 0 Å². The molecule has 0 amide bonds. The SMILES string of the molecule is CC(C)CN1CCN(S(=O)(=O)c2cc(N)ccc2F)CC1. The molecule has 0 spiro atoms. The number of sulfonamides is 1. The average molecular weight is 315 g/mol. The minimum atomic E-state index is -3.82. The molecule has 2 N–H and O–H groups in total. The van der Waals surface area contributed by atoms with Crippen molar-refractivity contribution in [3.05, 3.63) is 24.0 Å². The molecule has 0 saturated carbocycles. The quantitative estimate of drug-likeness (QED) is 0.852. The van der Waals surface area contributed by atoms with E-state index in [0.29, 0.717) is 32.1 Å². The van der Waals surface area contributed by atoms with Gasteiger partial charge in [0, 0.05) is 38.4 Å². The summed E-state index contributed by atoms with van der Waals surface area (Å²) in [4.78, 5) is 1.90. The molecule has 0 atom stereocenters. The zero-order chi connectivity index (χ0) is 15.6. The third-order valence-corrected chi connectivity index (χ3v) is 5.44. The van der Waals surface area contributed by atoms with Gasteiger partial charge in [-0.25, -0.2) is 12.8 Å². The van der Waals surface area contributed by atoms with Gasteiger partial charge in [0.25, 0.3) is 0 Å². The van der Waals surface area contributed by atoms with Gasteiger partial charge in [0.05, 0.1) is 0 Å². The Morgan fingerprint density at radius 3 is 2.43 bits per heavy atom. The molecule has 21 heavy (non-hydrogen) atoms. The van der Waals surface area contributed by atoms with Crippen molar-refractivity contribution in [1.82, 2.24) is 9.21 Å². The van der Waals surface area contributed by atoms with Crippen LogP contribution in [0, 0.1) is 11.7 Å². The summed E-state index contributed by atoms with van der Waals surface area (Å²) in [6, 6.07) is 3.64. The molecule has 5 nitrogen and oxygen atoms in total. The molecule has 1 fully saturated rings. The van der Waals surface area contributed by atoms with Crippen LogP contribution in [0.1, 0.15) is 13.8 Å². The van der Waals surface area contributed by atoms with E-state index >= 15 is 0 Å². The highest BCUT2D eigenvalue weighted by atomic mass is 32.2. The van der Waals surface area contributed by atoms with E-state index in [0.717, 1.165) is 12.6 Å². The van der Waals surface area contributed by atoms with E-state index in [4.69, 9.17) is 5.73 Å². The van der Waals surface area contributed by atoms with E-state index in [1.54, 1.807) is 0 Å². The maximum atomic E-state index is 13.8. The van der Waals surface area contributed by atoms with Crippen LogP contribution in [0.3, 0.4) is 0 Å². The van der Waals surface area contributed by atoms with Crippen LogP contribution in [0.4, 0.5) is 10.1 Å². The number of nitrogen functional groups attached to an aromatic ring is 1. The lowest BCUT2D eigenvalue weighted by Gasteiger charge is -2.34. The van der Waals surface area contributed by atoms with Crippen LogP contribution in [-0.4, -0.2) is 50.3 Å². The van der Waals surface area contributed by atoms with Crippen LogP contribution >= 0.6 is 0 Å². The Hall–Kier alpha value is -1.18. The normalized spacial score (nSPS) is 18.3. The average Bonchev–Trinajstić information content (AvgIpc) is 2.41. The summed E-state index contributed by atoms with van der Waals surface area (Å²) in [7, 11) is -3.82. The lowest BCUT2D eigenvalue weighted by molar-refractivity contribution is 0.172. The third kappa shape index (κ3) is 3.72. The van der Waals surface area contributed by atoms with Gasteiger partial charge < -0.3 is 10.6 Å². The van der Waals surface area contributed by atoms with Crippen molar-refractivity contribution in [2.45, 2.75) is 18.7 Å². The Balaban J connectivity index is 2.13. The summed E-state index contributed by atoms with van der Waals surface area (Å²) in [6.45, 7) is 7.30. The van der Waals surface area contributed by atoms with Crippen LogP contribution in [0.5, 0.6) is 0 Å². The van der Waals surface area contributed by atoms with E-state index in [9.17, 15) is 12.8 Å². The van der Waals surface area contributed by atoms with Crippen LogP contribution < -0.4 is 5.73 Å². The van der Waals surface area contributed by atoms with Crippen molar-refractivity contribution in [2.24, 2.45) is 5.92 Å². The first kappa shape index (κ1) is 16.2. The van der Waals surface area contributed by atoms with Gasteiger partial charge in [-0.15, -0.1) is 0 Å². The van der Waals surface area contributed by atoms with Gasteiger partial charge in [-0.3, -0.25) is 0 Å². The first-order chi connectivity index (χ1) is 9.80. The van der Waals surface area contributed by atoms with Gasteiger partial charge in [-0.2, -0.15) is 4.31 Å². The van der Waals surface area contributed by atoms with E-state index in [2.05, 4.69) is 18.7 Å². The van der Waals surface area contributed by atoms with Crippen molar-refractivity contribution in [2.75, 3.05) is 38.5 Å². The molecule has 0 aliphatic carbocycles. The molecule has 1 aliphatic rings. The number of hydrogen-bond donors (Lipinski definition) is 1. The van der Waals surface area contributed by atoms with Gasteiger partial charge in [0.2, 0.25) is 10.0 Å². The summed E-state index contributed by atoms with van der Waals surface area (Å²) < 4.78 is 40.1. The second-order valence-corrected chi connectivity index (χ2v) is 7.69.